The van der Waals surface area contributed by atoms with Gasteiger partial charge in [-0.3, -0.25) is 19.3 Å². The number of carbonyl (C=O) groups is 3. The van der Waals surface area contributed by atoms with E-state index in [-0.39, 0.29) is 30.4 Å². The van der Waals surface area contributed by atoms with Gasteiger partial charge in [0.05, 0.1) is 23.8 Å². The molecule has 154 valence electrons. The van der Waals surface area contributed by atoms with Crippen LogP contribution in [0.3, 0.4) is 0 Å². The van der Waals surface area contributed by atoms with Crippen LogP contribution in [-0.2, 0) is 9.53 Å². The lowest BCUT2D eigenvalue weighted by Gasteiger charge is -2.17. The SMILES string of the molecule is C=C(C)C(=O)Nc1ccc(Oc2ccc3c(c2)C(=O)N(CC2CCCO2)C3=O)cc1. The number of benzene rings is 2. The first kappa shape index (κ1) is 19.8. The Morgan fingerprint density at radius 3 is 2.50 bits per heavy atom. The second-order valence-corrected chi connectivity index (χ2v) is 7.42. The summed E-state index contributed by atoms with van der Waals surface area (Å²) in [6, 6.07) is 11.7. The van der Waals surface area contributed by atoms with Gasteiger partial charge < -0.3 is 14.8 Å². The molecule has 1 unspecified atom stereocenters. The summed E-state index contributed by atoms with van der Waals surface area (Å²) < 4.78 is 11.4. The third kappa shape index (κ3) is 3.97. The lowest BCUT2D eigenvalue weighted by atomic mass is 10.1. The maximum atomic E-state index is 12.7. The third-order valence-electron chi connectivity index (χ3n) is 5.09. The van der Waals surface area contributed by atoms with Gasteiger partial charge in [-0.25, -0.2) is 0 Å². The Labute approximate surface area is 174 Å². The maximum absolute atomic E-state index is 12.7. The van der Waals surface area contributed by atoms with E-state index in [4.69, 9.17) is 9.47 Å². The normalized spacial score (nSPS) is 17.8. The zero-order valence-electron chi connectivity index (χ0n) is 16.6. The van der Waals surface area contributed by atoms with Gasteiger partial charge in [0.15, 0.2) is 0 Å². The molecule has 7 heteroatoms. The fourth-order valence-corrected chi connectivity index (χ4v) is 3.47. The van der Waals surface area contributed by atoms with Crippen molar-refractivity contribution >= 4 is 23.4 Å². The average Bonchev–Trinajstić information content (AvgIpc) is 3.32. The number of nitrogens with one attached hydrogen (secondary N) is 1. The fraction of sp³-hybridized carbons (Fsp3) is 0.261. The summed E-state index contributed by atoms with van der Waals surface area (Å²) in [4.78, 5) is 38.3. The van der Waals surface area contributed by atoms with Crippen LogP contribution in [0.25, 0.3) is 0 Å². The van der Waals surface area contributed by atoms with Crippen LogP contribution in [0.15, 0.2) is 54.6 Å². The standard InChI is InChI=1S/C23H22N2O5/c1-14(2)21(26)24-15-5-7-16(8-6-15)30-17-9-10-19-20(12-17)23(28)25(22(19)27)13-18-4-3-11-29-18/h5-10,12,18H,1,3-4,11,13H2,2H3,(H,24,26). The molecule has 1 N–H and O–H groups in total. The van der Waals surface area contributed by atoms with Crippen LogP contribution in [-0.4, -0.2) is 41.9 Å². The minimum absolute atomic E-state index is 0.0909. The van der Waals surface area contributed by atoms with Crippen molar-refractivity contribution < 1.29 is 23.9 Å². The Balaban J connectivity index is 1.46. The quantitative estimate of drug-likeness (QED) is 0.583. The van der Waals surface area contributed by atoms with Crippen molar-refractivity contribution in [2.45, 2.75) is 25.9 Å². The predicted octanol–water partition coefficient (Wildman–Crippen LogP) is 3.77. The molecule has 1 saturated heterocycles. The van der Waals surface area contributed by atoms with Crippen molar-refractivity contribution in [1.29, 1.82) is 0 Å². The molecule has 0 radical (unpaired) electrons. The van der Waals surface area contributed by atoms with Crippen molar-refractivity contribution in [2.24, 2.45) is 0 Å². The molecule has 1 atom stereocenters. The van der Waals surface area contributed by atoms with Crippen LogP contribution in [0.2, 0.25) is 0 Å². The highest BCUT2D eigenvalue weighted by Crippen LogP contribution is 2.30. The summed E-state index contributed by atoms with van der Waals surface area (Å²) >= 11 is 0. The van der Waals surface area contributed by atoms with Gasteiger partial charge in [-0.2, -0.15) is 0 Å². The van der Waals surface area contributed by atoms with E-state index in [9.17, 15) is 14.4 Å². The molecule has 2 aromatic carbocycles. The van der Waals surface area contributed by atoms with E-state index >= 15 is 0 Å². The summed E-state index contributed by atoms with van der Waals surface area (Å²) in [6.45, 7) is 6.18. The minimum atomic E-state index is -0.325. The third-order valence-corrected chi connectivity index (χ3v) is 5.09. The second kappa shape index (κ2) is 8.12. The molecule has 2 aliphatic heterocycles. The zero-order valence-corrected chi connectivity index (χ0v) is 16.6. The molecule has 30 heavy (non-hydrogen) atoms. The molecule has 2 heterocycles. The summed E-state index contributed by atoms with van der Waals surface area (Å²) in [5.41, 5.74) is 1.75. The number of imide groups is 1. The Hall–Kier alpha value is -3.45. The Morgan fingerprint density at radius 1 is 1.13 bits per heavy atom. The van der Waals surface area contributed by atoms with Crippen LogP contribution in [0.1, 0.15) is 40.5 Å². The van der Waals surface area contributed by atoms with Gasteiger partial charge in [0.25, 0.3) is 17.7 Å². The molecule has 0 aromatic heterocycles. The van der Waals surface area contributed by atoms with Crippen molar-refractivity contribution in [1.82, 2.24) is 4.90 Å². The lowest BCUT2D eigenvalue weighted by Crippen LogP contribution is -2.36. The molecule has 0 bridgehead atoms. The lowest BCUT2D eigenvalue weighted by molar-refractivity contribution is -0.112. The monoisotopic (exact) mass is 406 g/mol. The van der Waals surface area contributed by atoms with Crippen LogP contribution >= 0.6 is 0 Å². The molecule has 2 aromatic rings. The largest absolute Gasteiger partial charge is 0.457 e. The number of anilines is 1. The van der Waals surface area contributed by atoms with E-state index < -0.39 is 0 Å². The van der Waals surface area contributed by atoms with Crippen LogP contribution in [0, 0.1) is 0 Å². The Kier molecular flexibility index (Phi) is 5.37. The molecule has 7 nitrogen and oxygen atoms in total. The number of ether oxygens (including phenoxy) is 2. The molecule has 2 aliphatic rings. The minimum Gasteiger partial charge on any atom is -0.457 e. The molecule has 0 spiro atoms. The number of carbonyl (C=O) groups excluding carboxylic acids is 3. The van der Waals surface area contributed by atoms with E-state index in [0.717, 1.165) is 12.8 Å². The van der Waals surface area contributed by atoms with Crippen LogP contribution in [0.4, 0.5) is 5.69 Å². The summed E-state index contributed by atoms with van der Waals surface area (Å²) in [5, 5.41) is 2.72. The first-order chi connectivity index (χ1) is 14.4. The first-order valence-electron chi connectivity index (χ1n) is 9.79. The smallest absolute Gasteiger partial charge is 0.261 e. The number of hydrogen-bond acceptors (Lipinski definition) is 5. The average molecular weight is 406 g/mol. The number of amides is 3. The molecule has 3 amide bonds. The Morgan fingerprint density at radius 2 is 1.83 bits per heavy atom. The van der Waals surface area contributed by atoms with Gasteiger partial charge in [-0.15, -0.1) is 0 Å². The maximum Gasteiger partial charge on any atom is 0.261 e. The summed E-state index contributed by atoms with van der Waals surface area (Å²) in [5.74, 6) is 0.116. The predicted molar refractivity (Wildman–Crippen MR) is 111 cm³/mol. The van der Waals surface area contributed by atoms with Gasteiger partial charge in [0.2, 0.25) is 0 Å². The summed E-state index contributed by atoms with van der Waals surface area (Å²) in [6.07, 6.45) is 1.71. The molecular formula is C23H22N2O5. The fourth-order valence-electron chi connectivity index (χ4n) is 3.47. The highest BCUT2D eigenvalue weighted by molar-refractivity contribution is 6.21. The van der Waals surface area contributed by atoms with Gasteiger partial charge in [-0.05, 0) is 62.2 Å². The van der Waals surface area contributed by atoms with Gasteiger partial charge in [0, 0.05) is 17.9 Å². The van der Waals surface area contributed by atoms with Crippen LogP contribution < -0.4 is 10.1 Å². The second-order valence-electron chi connectivity index (χ2n) is 7.42. The number of nitrogens with zero attached hydrogens (tertiary/aromatic N) is 1. The number of rotatable bonds is 6. The van der Waals surface area contributed by atoms with Crippen molar-refractivity contribution in [3.05, 3.63) is 65.7 Å². The van der Waals surface area contributed by atoms with E-state index in [2.05, 4.69) is 11.9 Å². The van der Waals surface area contributed by atoms with E-state index in [0.29, 0.717) is 40.5 Å². The summed E-state index contributed by atoms with van der Waals surface area (Å²) in [7, 11) is 0. The number of fused-ring (bicyclic) bond motifs is 1. The van der Waals surface area contributed by atoms with Gasteiger partial charge in [-0.1, -0.05) is 6.58 Å². The molecule has 4 rings (SSSR count). The number of hydrogen-bond donors (Lipinski definition) is 1. The van der Waals surface area contributed by atoms with E-state index in [1.54, 1.807) is 49.4 Å². The van der Waals surface area contributed by atoms with Crippen molar-refractivity contribution in [3.8, 4) is 11.5 Å². The molecule has 0 aliphatic carbocycles. The molecule has 0 saturated carbocycles. The topological polar surface area (TPSA) is 84.9 Å². The Bertz CT molecular complexity index is 1020. The van der Waals surface area contributed by atoms with Crippen molar-refractivity contribution in [3.63, 3.8) is 0 Å². The highest BCUT2D eigenvalue weighted by atomic mass is 16.5. The van der Waals surface area contributed by atoms with Crippen molar-refractivity contribution in [2.75, 3.05) is 18.5 Å². The van der Waals surface area contributed by atoms with Crippen LogP contribution in [0.5, 0.6) is 11.5 Å². The highest BCUT2D eigenvalue weighted by Gasteiger charge is 2.37. The zero-order chi connectivity index (χ0) is 21.3. The van der Waals surface area contributed by atoms with E-state index in [1.165, 1.54) is 4.90 Å². The van der Waals surface area contributed by atoms with Gasteiger partial charge >= 0.3 is 0 Å². The molecular weight excluding hydrogens is 384 g/mol. The van der Waals surface area contributed by atoms with Gasteiger partial charge in [0.1, 0.15) is 11.5 Å². The van der Waals surface area contributed by atoms with E-state index in [1.807, 2.05) is 0 Å². The first-order valence-corrected chi connectivity index (χ1v) is 9.79. The molecule has 1 fully saturated rings.